The van der Waals surface area contributed by atoms with Crippen molar-refractivity contribution in [2.24, 2.45) is 5.73 Å². The van der Waals surface area contributed by atoms with E-state index in [1.165, 1.54) is 0 Å². The van der Waals surface area contributed by atoms with Gasteiger partial charge in [0.25, 0.3) is 0 Å². The SMILES string of the molecule is Cc1ccc(Cl)cc1OCC(=N)N. The monoisotopic (exact) mass is 198 g/mol. The summed E-state index contributed by atoms with van der Waals surface area (Å²) in [7, 11) is 0. The summed E-state index contributed by atoms with van der Waals surface area (Å²) < 4.78 is 5.25. The molecule has 70 valence electrons. The average molecular weight is 199 g/mol. The number of halogens is 1. The van der Waals surface area contributed by atoms with Crippen LogP contribution in [0.2, 0.25) is 5.02 Å². The molecule has 0 fully saturated rings. The van der Waals surface area contributed by atoms with Crippen LogP contribution in [-0.2, 0) is 0 Å². The summed E-state index contributed by atoms with van der Waals surface area (Å²) in [6.07, 6.45) is 0. The summed E-state index contributed by atoms with van der Waals surface area (Å²) in [4.78, 5) is 0. The van der Waals surface area contributed by atoms with E-state index in [1.807, 2.05) is 13.0 Å². The van der Waals surface area contributed by atoms with E-state index in [2.05, 4.69) is 0 Å². The third-order valence-corrected chi connectivity index (χ3v) is 1.77. The molecule has 0 spiro atoms. The fourth-order valence-corrected chi connectivity index (χ4v) is 1.05. The largest absolute Gasteiger partial charge is 0.485 e. The Kier molecular flexibility index (Phi) is 3.14. The molecule has 0 atom stereocenters. The van der Waals surface area contributed by atoms with Gasteiger partial charge in [-0.05, 0) is 24.6 Å². The predicted molar refractivity (Wildman–Crippen MR) is 53.6 cm³/mol. The predicted octanol–water partition coefficient (Wildman–Crippen LogP) is 1.96. The first-order valence-corrected chi connectivity index (χ1v) is 4.19. The van der Waals surface area contributed by atoms with Crippen molar-refractivity contribution in [1.29, 1.82) is 5.41 Å². The van der Waals surface area contributed by atoms with E-state index in [0.29, 0.717) is 10.8 Å². The van der Waals surface area contributed by atoms with Crippen LogP contribution in [0.1, 0.15) is 5.56 Å². The zero-order valence-corrected chi connectivity index (χ0v) is 8.06. The molecule has 0 saturated heterocycles. The van der Waals surface area contributed by atoms with Gasteiger partial charge in [-0.25, -0.2) is 0 Å². The van der Waals surface area contributed by atoms with Gasteiger partial charge in [0.05, 0.1) is 0 Å². The average Bonchev–Trinajstić information content (AvgIpc) is 2.06. The maximum Gasteiger partial charge on any atom is 0.145 e. The molecule has 13 heavy (non-hydrogen) atoms. The lowest BCUT2D eigenvalue weighted by Crippen LogP contribution is -2.19. The molecule has 1 aromatic rings. The van der Waals surface area contributed by atoms with Crippen LogP contribution in [0.25, 0.3) is 0 Å². The van der Waals surface area contributed by atoms with Crippen LogP contribution in [0.3, 0.4) is 0 Å². The summed E-state index contributed by atoms with van der Waals surface area (Å²) in [5.41, 5.74) is 6.13. The lowest BCUT2D eigenvalue weighted by atomic mass is 10.2. The zero-order chi connectivity index (χ0) is 9.84. The number of nitrogens with one attached hydrogen (secondary N) is 1. The molecule has 0 aliphatic rings. The number of aryl methyl sites for hydroxylation is 1. The maximum atomic E-state index is 6.99. The van der Waals surface area contributed by atoms with Crippen LogP contribution in [-0.4, -0.2) is 12.4 Å². The number of hydrogen-bond acceptors (Lipinski definition) is 2. The Balaban J connectivity index is 2.75. The minimum absolute atomic E-state index is 0.000578. The van der Waals surface area contributed by atoms with Gasteiger partial charge in [-0.15, -0.1) is 0 Å². The van der Waals surface area contributed by atoms with Crippen LogP contribution in [0.5, 0.6) is 5.75 Å². The number of nitrogens with two attached hydrogens (primary N) is 1. The van der Waals surface area contributed by atoms with Crippen LogP contribution < -0.4 is 10.5 Å². The van der Waals surface area contributed by atoms with Gasteiger partial charge in [0.15, 0.2) is 0 Å². The van der Waals surface area contributed by atoms with E-state index < -0.39 is 0 Å². The molecule has 0 aromatic heterocycles. The summed E-state index contributed by atoms with van der Waals surface area (Å²) in [6, 6.07) is 5.36. The summed E-state index contributed by atoms with van der Waals surface area (Å²) in [5, 5.41) is 7.60. The molecule has 4 heteroatoms. The normalized spacial score (nSPS) is 9.69. The Hall–Kier alpha value is -1.22. The fourth-order valence-electron chi connectivity index (χ4n) is 0.885. The summed E-state index contributed by atoms with van der Waals surface area (Å²) in [6.45, 7) is 2.01. The van der Waals surface area contributed by atoms with Crippen molar-refractivity contribution >= 4 is 17.4 Å². The van der Waals surface area contributed by atoms with Gasteiger partial charge in [-0.2, -0.15) is 0 Å². The van der Waals surface area contributed by atoms with Gasteiger partial charge in [0, 0.05) is 5.02 Å². The molecule has 0 heterocycles. The van der Waals surface area contributed by atoms with E-state index in [9.17, 15) is 0 Å². The number of benzene rings is 1. The highest BCUT2D eigenvalue weighted by Gasteiger charge is 2.00. The number of ether oxygens (including phenoxy) is 1. The second-order valence-electron chi connectivity index (χ2n) is 2.72. The van der Waals surface area contributed by atoms with E-state index in [0.717, 1.165) is 5.56 Å². The zero-order valence-electron chi connectivity index (χ0n) is 7.30. The van der Waals surface area contributed by atoms with Crippen molar-refractivity contribution in [2.45, 2.75) is 6.92 Å². The van der Waals surface area contributed by atoms with Crippen molar-refractivity contribution in [3.05, 3.63) is 28.8 Å². The third-order valence-electron chi connectivity index (χ3n) is 1.53. The van der Waals surface area contributed by atoms with E-state index in [4.69, 9.17) is 27.5 Å². The molecule has 0 bridgehead atoms. The van der Waals surface area contributed by atoms with Gasteiger partial charge < -0.3 is 10.5 Å². The Morgan fingerprint density at radius 1 is 1.62 bits per heavy atom. The lowest BCUT2D eigenvalue weighted by molar-refractivity contribution is 0.372. The summed E-state index contributed by atoms with van der Waals surface area (Å²) >= 11 is 5.77. The summed E-state index contributed by atoms with van der Waals surface area (Å²) in [5.74, 6) is 0.669. The highest BCUT2D eigenvalue weighted by Crippen LogP contribution is 2.22. The second kappa shape index (κ2) is 4.14. The Labute approximate surface area is 82.0 Å². The molecule has 0 unspecified atom stereocenters. The molecule has 0 saturated carbocycles. The first-order valence-electron chi connectivity index (χ1n) is 3.81. The maximum absolute atomic E-state index is 6.99. The van der Waals surface area contributed by atoms with Gasteiger partial charge in [0.1, 0.15) is 18.2 Å². The van der Waals surface area contributed by atoms with Crippen LogP contribution in [0.15, 0.2) is 18.2 Å². The smallest absolute Gasteiger partial charge is 0.145 e. The van der Waals surface area contributed by atoms with E-state index in [-0.39, 0.29) is 12.4 Å². The fraction of sp³-hybridized carbons (Fsp3) is 0.222. The van der Waals surface area contributed by atoms with Crippen LogP contribution in [0.4, 0.5) is 0 Å². The number of rotatable bonds is 3. The molecule has 0 amide bonds. The topological polar surface area (TPSA) is 59.1 Å². The van der Waals surface area contributed by atoms with Crippen molar-refractivity contribution < 1.29 is 4.74 Å². The molecule has 3 N–H and O–H groups in total. The molecule has 3 nitrogen and oxygen atoms in total. The van der Waals surface area contributed by atoms with Gasteiger partial charge >= 0.3 is 0 Å². The molecular formula is C9H11ClN2O. The standard InChI is InChI=1S/C9H11ClN2O/c1-6-2-3-7(10)4-8(6)13-5-9(11)12/h2-4H,5H2,1H3,(H3,11,12). The molecule has 0 aliphatic carbocycles. The Bertz CT molecular complexity index is 325. The Morgan fingerprint density at radius 2 is 2.31 bits per heavy atom. The lowest BCUT2D eigenvalue weighted by Gasteiger charge is -2.07. The van der Waals surface area contributed by atoms with Crippen molar-refractivity contribution in [2.75, 3.05) is 6.61 Å². The van der Waals surface area contributed by atoms with Gasteiger partial charge in [0.2, 0.25) is 0 Å². The molecular weight excluding hydrogens is 188 g/mol. The van der Waals surface area contributed by atoms with Crippen molar-refractivity contribution in [1.82, 2.24) is 0 Å². The number of hydrogen-bond donors (Lipinski definition) is 2. The van der Waals surface area contributed by atoms with Gasteiger partial charge in [-0.1, -0.05) is 17.7 Å². The third kappa shape index (κ3) is 2.95. The van der Waals surface area contributed by atoms with Crippen molar-refractivity contribution in [3.63, 3.8) is 0 Å². The van der Waals surface area contributed by atoms with Crippen LogP contribution in [0, 0.1) is 12.3 Å². The quantitative estimate of drug-likeness (QED) is 0.576. The highest BCUT2D eigenvalue weighted by molar-refractivity contribution is 6.30. The minimum atomic E-state index is -0.000578. The van der Waals surface area contributed by atoms with E-state index in [1.54, 1.807) is 12.1 Å². The first kappa shape index (κ1) is 9.86. The van der Waals surface area contributed by atoms with E-state index >= 15 is 0 Å². The molecule has 0 aliphatic heterocycles. The molecule has 0 radical (unpaired) electrons. The molecule has 1 aromatic carbocycles. The number of amidine groups is 1. The second-order valence-corrected chi connectivity index (χ2v) is 3.16. The first-order chi connectivity index (χ1) is 6.09. The Morgan fingerprint density at radius 3 is 2.92 bits per heavy atom. The highest BCUT2D eigenvalue weighted by atomic mass is 35.5. The van der Waals surface area contributed by atoms with Crippen LogP contribution >= 0.6 is 11.6 Å². The molecule has 1 rings (SSSR count). The van der Waals surface area contributed by atoms with Gasteiger partial charge in [-0.3, -0.25) is 5.41 Å². The van der Waals surface area contributed by atoms with Crippen molar-refractivity contribution in [3.8, 4) is 5.75 Å². The minimum Gasteiger partial charge on any atom is -0.485 e.